The molecule has 5 rings (SSSR count). The summed E-state index contributed by atoms with van der Waals surface area (Å²) in [5.41, 5.74) is 1.00. The quantitative estimate of drug-likeness (QED) is 0.108. The van der Waals surface area contributed by atoms with Gasteiger partial charge in [0, 0.05) is 16.5 Å². The Morgan fingerprint density at radius 1 is 0.886 bits per heavy atom. The first-order chi connectivity index (χ1) is 21.1. The van der Waals surface area contributed by atoms with Gasteiger partial charge in [-0.3, -0.25) is 14.9 Å². The number of benzene rings is 4. The Morgan fingerprint density at radius 2 is 1.50 bits per heavy atom. The minimum Gasteiger partial charge on any atom is -0.485 e. The van der Waals surface area contributed by atoms with Gasteiger partial charge in [-0.15, -0.1) is 11.8 Å². The molecular weight excluding hydrogens is 604 g/mol. The molecule has 0 atom stereocenters. The van der Waals surface area contributed by atoms with E-state index in [0.29, 0.717) is 5.56 Å². The average molecular weight is 635 g/mol. The zero-order valence-corrected chi connectivity index (χ0v) is 25.4. The largest absolute Gasteiger partial charge is 0.485 e. The zero-order chi connectivity index (χ0) is 31.2. The maximum absolute atomic E-state index is 13.2. The van der Waals surface area contributed by atoms with Crippen molar-refractivity contribution >= 4 is 33.4 Å². The Labute approximate surface area is 259 Å². The van der Waals surface area contributed by atoms with Crippen LogP contribution in [0.25, 0.3) is 11.1 Å². The van der Waals surface area contributed by atoms with Gasteiger partial charge < -0.3 is 4.74 Å². The smallest absolute Gasteiger partial charge is 0.312 e. The second-order valence-electron chi connectivity index (χ2n) is 10.7. The molecule has 0 aliphatic heterocycles. The summed E-state index contributed by atoms with van der Waals surface area (Å²) in [4.78, 5) is 24.8. The lowest BCUT2D eigenvalue weighted by atomic mass is 10.0. The first-order valence-corrected chi connectivity index (χ1v) is 16.5. The summed E-state index contributed by atoms with van der Waals surface area (Å²) >= 11 is 1.72. The van der Waals surface area contributed by atoms with Gasteiger partial charge in [0.2, 0.25) is 0 Å². The highest BCUT2D eigenvalue weighted by Crippen LogP contribution is 2.44. The highest BCUT2D eigenvalue weighted by Gasteiger charge is 2.34. The van der Waals surface area contributed by atoms with E-state index in [4.69, 9.17) is 4.74 Å². The topological polar surface area (TPSA) is 116 Å². The maximum atomic E-state index is 13.2. The van der Waals surface area contributed by atoms with Crippen LogP contribution in [-0.4, -0.2) is 30.6 Å². The number of ether oxygens (including phenoxy) is 1. The lowest BCUT2D eigenvalue weighted by Gasteiger charge is -2.32. The van der Waals surface area contributed by atoms with Gasteiger partial charge in [0.05, 0.1) is 14.6 Å². The Hall–Kier alpha value is -4.22. The molecule has 1 amide bonds. The van der Waals surface area contributed by atoms with Gasteiger partial charge in [0.25, 0.3) is 15.9 Å². The lowest BCUT2D eigenvalue weighted by Crippen LogP contribution is -2.32. The number of nitrogens with one attached hydrogen (secondary N) is 1. The van der Waals surface area contributed by atoms with Crippen LogP contribution in [0.1, 0.15) is 48.9 Å². The maximum Gasteiger partial charge on any atom is 0.312 e. The molecule has 0 radical (unpaired) electrons. The zero-order valence-electron chi connectivity index (χ0n) is 23.8. The molecule has 0 heterocycles. The fourth-order valence-corrected chi connectivity index (χ4v) is 7.62. The van der Waals surface area contributed by atoms with Gasteiger partial charge in [-0.25, -0.2) is 17.5 Å². The summed E-state index contributed by atoms with van der Waals surface area (Å²) in [6.07, 6.45) is 6.07. The third-order valence-electron chi connectivity index (χ3n) is 7.57. The summed E-state index contributed by atoms with van der Waals surface area (Å²) in [7, 11) is -4.45. The third kappa shape index (κ3) is 7.64. The van der Waals surface area contributed by atoms with Gasteiger partial charge in [0.1, 0.15) is 12.4 Å². The molecule has 1 saturated carbocycles. The first-order valence-electron chi connectivity index (χ1n) is 14.2. The van der Waals surface area contributed by atoms with E-state index in [2.05, 4.69) is 0 Å². The van der Waals surface area contributed by atoms with Gasteiger partial charge in [-0.05, 0) is 72.5 Å². The van der Waals surface area contributed by atoms with E-state index in [-0.39, 0.29) is 28.5 Å². The van der Waals surface area contributed by atoms with Crippen molar-refractivity contribution in [2.75, 3.05) is 6.61 Å². The number of nitro benzene ring substituents is 1. The average Bonchev–Trinajstić information content (AvgIpc) is 3.26. The van der Waals surface area contributed by atoms with Crippen molar-refractivity contribution < 1.29 is 27.3 Å². The number of sulfonamides is 1. The van der Waals surface area contributed by atoms with Crippen molar-refractivity contribution in [3.05, 3.63) is 119 Å². The molecule has 0 bridgehead atoms. The molecule has 1 aliphatic carbocycles. The van der Waals surface area contributed by atoms with Crippen LogP contribution in [0, 0.1) is 15.9 Å². The second-order valence-corrected chi connectivity index (χ2v) is 13.9. The molecule has 8 nitrogen and oxygen atoms in total. The monoisotopic (exact) mass is 634 g/mol. The van der Waals surface area contributed by atoms with Crippen LogP contribution in [0.4, 0.5) is 10.1 Å². The highest BCUT2D eigenvalue weighted by atomic mass is 32.2. The molecule has 4 aromatic carbocycles. The van der Waals surface area contributed by atoms with E-state index >= 15 is 0 Å². The summed E-state index contributed by atoms with van der Waals surface area (Å²) in [5.74, 6) is -1.30. The molecule has 44 heavy (non-hydrogen) atoms. The van der Waals surface area contributed by atoms with Gasteiger partial charge in [-0.1, -0.05) is 68.1 Å². The van der Waals surface area contributed by atoms with Crippen LogP contribution >= 0.6 is 11.8 Å². The Morgan fingerprint density at radius 3 is 2.11 bits per heavy atom. The minimum atomic E-state index is -4.45. The van der Waals surface area contributed by atoms with E-state index < -0.39 is 31.4 Å². The van der Waals surface area contributed by atoms with Gasteiger partial charge in [-0.2, -0.15) is 0 Å². The molecule has 228 valence electrons. The van der Waals surface area contributed by atoms with Crippen molar-refractivity contribution in [3.8, 4) is 16.9 Å². The SMILES string of the molecule is O=C(NS(=O)(=O)c1ccc(OCC2(Sc3ccccc3)CCCCCC2)c([N+](=O)[O-])c1)c1ccc(-c2ccc(F)cc2)cc1. The molecular formula is C33H31FN2O6S2. The minimum absolute atomic E-state index is 0.0334. The third-order valence-corrected chi connectivity index (χ3v) is 10.4. The number of nitro groups is 1. The van der Waals surface area contributed by atoms with Crippen LogP contribution in [-0.2, 0) is 10.0 Å². The Balaban J connectivity index is 1.31. The predicted molar refractivity (Wildman–Crippen MR) is 168 cm³/mol. The first kappa shape index (κ1) is 31.2. The van der Waals surface area contributed by atoms with Gasteiger partial charge in [0.15, 0.2) is 5.75 Å². The highest BCUT2D eigenvalue weighted by molar-refractivity contribution is 8.00. The van der Waals surface area contributed by atoms with Crippen LogP contribution < -0.4 is 9.46 Å². The summed E-state index contributed by atoms with van der Waals surface area (Å²) < 4.78 is 47.2. The molecule has 1 aliphatic rings. The molecule has 1 N–H and O–H groups in total. The summed E-state index contributed by atoms with van der Waals surface area (Å²) in [6, 6.07) is 25.3. The van der Waals surface area contributed by atoms with Crippen molar-refractivity contribution in [1.29, 1.82) is 0 Å². The number of amides is 1. The molecule has 11 heteroatoms. The van der Waals surface area contributed by atoms with Crippen LogP contribution in [0.15, 0.2) is 107 Å². The lowest BCUT2D eigenvalue weighted by molar-refractivity contribution is -0.386. The second kappa shape index (κ2) is 13.6. The number of nitrogens with zero attached hydrogens (tertiary/aromatic N) is 1. The van der Waals surface area contributed by atoms with Gasteiger partial charge >= 0.3 is 5.69 Å². The van der Waals surface area contributed by atoms with Crippen LogP contribution in [0.5, 0.6) is 5.75 Å². The molecule has 0 saturated heterocycles. The molecule has 0 aromatic heterocycles. The number of rotatable bonds is 10. The molecule has 1 fully saturated rings. The number of halogens is 1. The Kier molecular flexibility index (Phi) is 9.65. The van der Waals surface area contributed by atoms with Crippen molar-refractivity contribution in [3.63, 3.8) is 0 Å². The summed E-state index contributed by atoms with van der Waals surface area (Å²) in [6.45, 7) is 0.226. The van der Waals surface area contributed by atoms with Crippen LogP contribution in [0.2, 0.25) is 0 Å². The van der Waals surface area contributed by atoms with Crippen molar-refractivity contribution in [2.45, 2.75) is 53.1 Å². The standard InChI is InChI=1S/C33H31FN2O6S2/c34-27-16-14-25(15-17-27)24-10-12-26(13-11-24)32(37)35-44(40,41)29-18-19-31(30(22-29)36(38)39)42-23-33(20-6-1-2-7-21-33)43-28-8-4-3-5-9-28/h3-5,8-19,22H,1-2,6-7,20-21,23H2,(H,35,37). The fraction of sp³-hybridized carbons (Fsp3) is 0.242. The Bertz CT molecular complexity index is 1720. The molecule has 0 unspecified atom stereocenters. The van der Waals surface area contributed by atoms with Crippen molar-refractivity contribution in [1.82, 2.24) is 4.72 Å². The molecule has 4 aromatic rings. The van der Waals surface area contributed by atoms with E-state index in [1.807, 2.05) is 35.1 Å². The van der Waals surface area contributed by atoms with E-state index in [9.17, 15) is 27.7 Å². The van der Waals surface area contributed by atoms with E-state index in [1.165, 1.54) is 36.4 Å². The van der Waals surface area contributed by atoms with Crippen molar-refractivity contribution in [2.24, 2.45) is 0 Å². The normalized spacial score (nSPS) is 14.8. The number of carbonyl (C=O) groups excluding carboxylic acids is 1. The number of hydrogen-bond acceptors (Lipinski definition) is 7. The molecule has 0 spiro atoms. The number of carbonyl (C=O) groups is 1. The number of thioether (sulfide) groups is 1. The number of hydrogen-bond donors (Lipinski definition) is 1. The van der Waals surface area contributed by atoms with Crippen LogP contribution in [0.3, 0.4) is 0 Å². The summed E-state index contributed by atoms with van der Waals surface area (Å²) in [5, 5.41) is 12.0. The van der Waals surface area contributed by atoms with E-state index in [0.717, 1.165) is 55.1 Å². The fourth-order valence-electron chi connectivity index (χ4n) is 5.22. The van der Waals surface area contributed by atoms with E-state index in [1.54, 1.807) is 36.0 Å². The predicted octanol–water partition coefficient (Wildman–Crippen LogP) is 7.78.